The van der Waals surface area contributed by atoms with Crippen molar-refractivity contribution < 1.29 is 9.53 Å². The van der Waals surface area contributed by atoms with Crippen LogP contribution in [0.4, 0.5) is 4.79 Å². The van der Waals surface area contributed by atoms with Gasteiger partial charge in [-0.25, -0.2) is 4.79 Å². The van der Waals surface area contributed by atoms with Gasteiger partial charge in [-0.15, -0.1) is 11.3 Å². The zero-order chi connectivity index (χ0) is 11.4. The first-order valence-corrected chi connectivity index (χ1v) is 6.30. The minimum Gasteiger partial charge on any atom is -0.390 e. The molecule has 0 spiro atoms. The highest BCUT2D eigenvalue weighted by Crippen LogP contribution is 2.20. The molecule has 16 heavy (non-hydrogen) atoms. The van der Waals surface area contributed by atoms with Crippen LogP contribution in [0.3, 0.4) is 0 Å². The van der Waals surface area contributed by atoms with Gasteiger partial charge in [-0.1, -0.05) is 11.6 Å². The topological polar surface area (TPSA) is 63.2 Å². The Morgan fingerprint density at radius 2 is 2.62 bits per heavy atom. The average molecular weight is 262 g/mol. The monoisotopic (exact) mass is 261 g/mol. The van der Waals surface area contributed by atoms with Crippen molar-refractivity contribution in [2.45, 2.75) is 18.9 Å². The van der Waals surface area contributed by atoms with Crippen molar-refractivity contribution >= 4 is 29.0 Å². The fourth-order valence-corrected chi connectivity index (χ4v) is 2.21. The standard InChI is InChI=1S/C9H12ClN3O2S/c10-8-13-7(5-16-8)15-9(14)12-6-2-1-3-11-4-6/h5-6,11H,1-4H2,(H,12,14). The Labute approximate surface area is 102 Å². The number of nitrogens with one attached hydrogen (secondary N) is 2. The highest BCUT2D eigenvalue weighted by atomic mass is 35.5. The lowest BCUT2D eigenvalue weighted by molar-refractivity contribution is 0.191. The first-order chi connectivity index (χ1) is 7.74. The van der Waals surface area contributed by atoms with E-state index in [1.165, 1.54) is 11.3 Å². The van der Waals surface area contributed by atoms with Gasteiger partial charge in [0.15, 0.2) is 4.47 Å². The van der Waals surface area contributed by atoms with Crippen LogP contribution in [-0.2, 0) is 0 Å². The molecular weight excluding hydrogens is 250 g/mol. The maximum atomic E-state index is 11.5. The highest BCUT2D eigenvalue weighted by molar-refractivity contribution is 7.14. The Balaban J connectivity index is 1.79. The van der Waals surface area contributed by atoms with E-state index in [2.05, 4.69) is 15.6 Å². The predicted molar refractivity (Wildman–Crippen MR) is 62.2 cm³/mol. The lowest BCUT2D eigenvalue weighted by atomic mass is 10.1. The van der Waals surface area contributed by atoms with Crippen LogP contribution in [0.1, 0.15) is 12.8 Å². The number of hydrogen-bond donors (Lipinski definition) is 2. The first kappa shape index (κ1) is 11.6. The number of amides is 1. The van der Waals surface area contributed by atoms with Crippen LogP contribution < -0.4 is 15.4 Å². The molecule has 1 amide bonds. The summed E-state index contributed by atoms with van der Waals surface area (Å²) in [5.41, 5.74) is 0. The van der Waals surface area contributed by atoms with E-state index in [1.807, 2.05) is 0 Å². The molecule has 0 radical (unpaired) electrons. The lowest BCUT2D eigenvalue weighted by Crippen LogP contribution is -2.46. The van der Waals surface area contributed by atoms with Gasteiger partial charge >= 0.3 is 6.09 Å². The first-order valence-electron chi connectivity index (χ1n) is 5.04. The summed E-state index contributed by atoms with van der Waals surface area (Å²) in [6.45, 7) is 1.79. The minimum absolute atomic E-state index is 0.135. The Morgan fingerprint density at radius 3 is 3.25 bits per heavy atom. The van der Waals surface area contributed by atoms with Gasteiger partial charge < -0.3 is 15.4 Å². The van der Waals surface area contributed by atoms with Gasteiger partial charge in [0, 0.05) is 12.6 Å². The molecule has 0 bridgehead atoms. The van der Waals surface area contributed by atoms with E-state index in [1.54, 1.807) is 5.38 Å². The summed E-state index contributed by atoms with van der Waals surface area (Å²) in [6, 6.07) is 0.135. The molecule has 1 aromatic rings. The van der Waals surface area contributed by atoms with Crippen molar-refractivity contribution in [2.75, 3.05) is 13.1 Å². The van der Waals surface area contributed by atoms with Crippen LogP contribution >= 0.6 is 22.9 Å². The molecule has 1 atom stereocenters. The van der Waals surface area contributed by atoms with Gasteiger partial charge in [-0.05, 0) is 19.4 Å². The van der Waals surface area contributed by atoms with Gasteiger partial charge in [0.05, 0.1) is 5.38 Å². The zero-order valence-corrected chi connectivity index (χ0v) is 10.1. The van der Waals surface area contributed by atoms with Crippen LogP contribution in [0, 0.1) is 0 Å². The highest BCUT2D eigenvalue weighted by Gasteiger charge is 2.16. The largest absolute Gasteiger partial charge is 0.414 e. The van der Waals surface area contributed by atoms with E-state index in [0.29, 0.717) is 4.47 Å². The van der Waals surface area contributed by atoms with Gasteiger partial charge in [0.1, 0.15) is 0 Å². The predicted octanol–water partition coefficient (Wildman–Crippen LogP) is 1.64. The van der Waals surface area contributed by atoms with Crippen molar-refractivity contribution in [3.63, 3.8) is 0 Å². The fourth-order valence-electron chi connectivity index (χ4n) is 1.55. The maximum absolute atomic E-state index is 11.5. The summed E-state index contributed by atoms with van der Waals surface area (Å²) >= 11 is 6.85. The molecular formula is C9H12ClN3O2S. The number of halogens is 1. The van der Waals surface area contributed by atoms with Gasteiger partial charge in [0.2, 0.25) is 5.88 Å². The number of rotatable bonds is 2. The smallest absolute Gasteiger partial charge is 0.390 e. The zero-order valence-electron chi connectivity index (χ0n) is 8.53. The summed E-state index contributed by atoms with van der Waals surface area (Å²) in [6.07, 6.45) is 1.56. The molecule has 0 aliphatic carbocycles. The SMILES string of the molecule is O=C(NC1CCCNC1)Oc1csc(Cl)n1. The van der Waals surface area contributed by atoms with Crippen molar-refractivity contribution in [1.82, 2.24) is 15.6 Å². The molecule has 1 aliphatic rings. The molecule has 5 nitrogen and oxygen atoms in total. The Bertz CT molecular complexity index is 365. The number of aromatic nitrogens is 1. The second-order valence-corrected chi connectivity index (χ2v) is 4.96. The number of piperidine rings is 1. The molecule has 2 N–H and O–H groups in total. The van der Waals surface area contributed by atoms with E-state index in [9.17, 15) is 4.79 Å². The molecule has 1 aliphatic heterocycles. The number of thiazole rings is 1. The molecule has 1 unspecified atom stereocenters. The fraction of sp³-hybridized carbons (Fsp3) is 0.556. The average Bonchev–Trinajstić information content (AvgIpc) is 2.65. The normalized spacial score (nSPS) is 20.4. The van der Waals surface area contributed by atoms with Crippen molar-refractivity contribution in [2.24, 2.45) is 0 Å². The molecule has 0 saturated carbocycles. The summed E-state index contributed by atoms with van der Waals surface area (Å²) in [5, 5.41) is 7.58. The number of carbonyl (C=O) groups excluding carboxylic acids is 1. The molecule has 1 saturated heterocycles. The Morgan fingerprint density at radius 1 is 1.75 bits per heavy atom. The Hall–Kier alpha value is -0.850. The van der Waals surface area contributed by atoms with Crippen LogP contribution in [0.15, 0.2) is 5.38 Å². The third-order valence-electron chi connectivity index (χ3n) is 2.27. The number of ether oxygens (including phenoxy) is 1. The third-order valence-corrected chi connectivity index (χ3v) is 3.23. The second kappa shape index (κ2) is 5.47. The van der Waals surface area contributed by atoms with Gasteiger partial charge in [0.25, 0.3) is 0 Å². The summed E-state index contributed by atoms with van der Waals surface area (Å²) in [7, 11) is 0. The molecule has 88 valence electrons. The van der Waals surface area contributed by atoms with Crippen LogP contribution in [-0.4, -0.2) is 30.2 Å². The van der Waals surface area contributed by atoms with E-state index < -0.39 is 6.09 Å². The van der Waals surface area contributed by atoms with Crippen LogP contribution in [0.5, 0.6) is 5.88 Å². The van der Waals surface area contributed by atoms with E-state index in [4.69, 9.17) is 16.3 Å². The van der Waals surface area contributed by atoms with Crippen LogP contribution in [0.2, 0.25) is 4.47 Å². The number of carbonyl (C=O) groups is 1. The van der Waals surface area contributed by atoms with Crippen molar-refractivity contribution in [3.8, 4) is 5.88 Å². The molecule has 7 heteroatoms. The number of nitrogens with zero attached hydrogens (tertiary/aromatic N) is 1. The van der Waals surface area contributed by atoms with Crippen molar-refractivity contribution in [3.05, 3.63) is 9.85 Å². The molecule has 0 aromatic carbocycles. The summed E-state index contributed by atoms with van der Waals surface area (Å²) in [4.78, 5) is 15.3. The number of hydrogen-bond acceptors (Lipinski definition) is 5. The lowest BCUT2D eigenvalue weighted by Gasteiger charge is -2.22. The second-order valence-electron chi connectivity index (χ2n) is 3.52. The molecule has 2 rings (SSSR count). The summed E-state index contributed by atoms with van der Waals surface area (Å²) in [5.74, 6) is 0.247. The summed E-state index contributed by atoms with van der Waals surface area (Å²) < 4.78 is 5.34. The van der Waals surface area contributed by atoms with E-state index in [0.717, 1.165) is 25.9 Å². The molecule has 2 heterocycles. The third kappa shape index (κ3) is 3.33. The van der Waals surface area contributed by atoms with E-state index >= 15 is 0 Å². The minimum atomic E-state index is -0.476. The van der Waals surface area contributed by atoms with Crippen molar-refractivity contribution in [1.29, 1.82) is 0 Å². The molecule has 1 aromatic heterocycles. The van der Waals surface area contributed by atoms with Crippen LogP contribution in [0.25, 0.3) is 0 Å². The molecule has 1 fully saturated rings. The van der Waals surface area contributed by atoms with Gasteiger partial charge in [-0.2, -0.15) is 4.98 Å². The van der Waals surface area contributed by atoms with Gasteiger partial charge in [-0.3, -0.25) is 0 Å². The maximum Gasteiger partial charge on any atom is 0.414 e. The van der Waals surface area contributed by atoms with E-state index in [-0.39, 0.29) is 11.9 Å². The Kier molecular flexibility index (Phi) is 3.98. The quantitative estimate of drug-likeness (QED) is 0.850.